The van der Waals surface area contributed by atoms with Gasteiger partial charge in [0.05, 0.1) is 19.8 Å². The van der Waals surface area contributed by atoms with Crippen molar-refractivity contribution >= 4 is 16.4 Å². The van der Waals surface area contributed by atoms with Crippen molar-refractivity contribution in [3.8, 4) is 0 Å². The molecule has 0 radical (unpaired) electrons. The Morgan fingerprint density at radius 1 is 0.723 bits per heavy atom. The van der Waals surface area contributed by atoms with Gasteiger partial charge in [-0.1, -0.05) is 129 Å². The number of aliphatic hydroxyl groups is 3. The molecule has 0 aromatic carbocycles. The molecular formula is C34H66O12S. The van der Waals surface area contributed by atoms with Crippen LogP contribution < -0.4 is 0 Å². The number of aliphatic hydroxyl groups excluding tert-OH is 3. The predicted octanol–water partition coefficient (Wildman–Crippen LogP) is 5.79. The van der Waals surface area contributed by atoms with Crippen molar-refractivity contribution in [1.82, 2.24) is 0 Å². The van der Waals surface area contributed by atoms with Crippen molar-refractivity contribution in [3.05, 3.63) is 0 Å². The highest BCUT2D eigenvalue weighted by Crippen LogP contribution is 2.26. The molecule has 12 nitrogen and oxygen atoms in total. The minimum atomic E-state index is -5.04. The average Bonchev–Trinajstić information content (AvgIpc) is 3.03. The standard InChI is InChI=1S/C34H66O12S/c1-3-5-7-9-10-11-12-13-14-15-16-17-18-20-22-24-42-26-28(44-30(36)23-21-19-8-6-4-2)27-43-34-32(38)33(46-47(39,40)41)31(37)29(25-35)45-34/h28-29,31-35,37-38H,3-27H2,1-2H3,(H,39,40,41). The summed E-state index contributed by atoms with van der Waals surface area (Å²) in [6.07, 6.45) is 14.9. The van der Waals surface area contributed by atoms with E-state index < -0.39 is 59.8 Å². The molecule has 0 spiro atoms. The third-order valence-corrected chi connectivity index (χ3v) is 8.94. The van der Waals surface area contributed by atoms with E-state index in [1.165, 1.54) is 77.0 Å². The Hall–Kier alpha value is -0.900. The molecule has 4 N–H and O–H groups in total. The van der Waals surface area contributed by atoms with Gasteiger partial charge in [-0.25, -0.2) is 4.18 Å². The van der Waals surface area contributed by atoms with Crippen molar-refractivity contribution < 1.29 is 56.2 Å². The van der Waals surface area contributed by atoms with Crippen LogP contribution in [0.2, 0.25) is 0 Å². The van der Waals surface area contributed by atoms with Crippen molar-refractivity contribution in [2.75, 3.05) is 26.4 Å². The van der Waals surface area contributed by atoms with Gasteiger partial charge in [0, 0.05) is 13.0 Å². The van der Waals surface area contributed by atoms with E-state index in [2.05, 4.69) is 18.0 Å². The number of hydrogen-bond donors (Lipinski definition) is 4. The van der Waals surface area contributed by atoms with E-state index in [-0.39, 0.29) is 19.6 Å². The number of esters is 1. The van der Waals surface area contributed by atoms with Gasteiger partial charge in [0.2, 0.25) is 0 Å². The Labute approximate surface area is 284 Å². The van der Waals surface area contributed by atoms with Crippen LogP contribution in [0.1, 0.15) is 149 Å². The quantitative estimate of drug-likeness (QED) is 0.0390. The van der Waals surface area contributed by atoms with E-state index in [4.69, 9.17) is 23.5 Å². The van der Waals surface area contributed by atoms with Crippen LogP contribution in [0.5, 0.6) is 0 Å². The third kappa shape index (κ3) is 22.4. The van der Waals surface area contributed by atoms with E-state index >= 15 is 0 Å². The predicted molar refractivity (Wildman–Crippen MR) is 179 cm³/mol. The number of rotatable bonds is 31. The van der Waals surface area contributed by atoms with Crippen molar-refractivity contribution in [1.29, 1.82) is 0 Å². The molecule has 0 aliphatic carbocycles. The van der Waals surface area contributed by atoms with Crippen molar-refractivity contribution in [2.45, 2.75) is 185 Å². The van der Waals surface area contributed by atoms with Crippen LogP contribution in [-0.2, 0) is 38.3 Å². The summed E-state index contributed by atoms with van der Waals surface area (Å²) in [6, 6.07) is 0. The van der Waals surface area contributed by atoms with Crippen LogP contribution >= 0.6 is 0 Å². The summed E-state index contributed by atoms with van der Waals surface area (Å²) in [5.74, 6) is -0.410. The summed E-state index contributed by atoms with van der Waals surface area (Å²) < 4.78 is 58.4. The van der Waals surface area contributed by atoms with E-state index in [1.807, 2.05) is 0 Å². The lowest BCUT2D eigenvalue weighted by Crippen LogP contribution is -2.60. The highest BCUT2D eigenvalue weighted by Gasteiger charge is 2.48. The zero-order valence-electron chi connectivity index (χ0n) is 29.1. The Morgan fingerprint density at radius 3 is 1.70 bits per heavy atom. The molecule has 0 aromatic rings. The molecule has 1 heterocycles. The molecule has 1 aliphatic heterocycles. The second kappa shape index (κ2) is 27.9. The zero-order chi connectivity index (χ0) is 34.8. The SMILES string of the molecule is CCCCCCCCCCCCCCCCCOCC(COC1OC(CO)C(O)C(OS(=O)(=O)O)C1O)OC(=O)CCCCCCC. The van der Waals surface area contributed by atoms with Crippen LogP contribution in [0.25, 0.3) is 0 Å². The number of ether oxygens (including phenoxy) is 4. The topological polar surface area (TPSA) is 178 Å². The summed E-state index contributed by atoms with van der Waals surface area (Å²) in [7, 11) is -5.04. The van der Waals surface area contributed by atoms with Gasteiger partial charge >= 0.3 is 16.4 Å². The maximum Gasteiger partial charge on any atom is 0.397 e. The Morgan fingerprint density at radius 2 is 1.21 bits per heavy atom. The van der Waals surface area contributed by atoms with E-state index in [1.54, 1.807) is 0 Å². The highest BCUT2D eigenvalue weighted by atomic mass is 32.3. The first kappa shape index (κ1) is 44.1. The van der Waals surface area contributed by atoms with Crippen LogP contribution in [0.15, 0.2) is 0 Å². The van der Waals surface area contributed by atoms with Gasteiger partial charge in [-0.05, 0) is 12.8 Å². The number of carbonyl (C=O) groups excluding carboxylic acids is 1. The zero-order valence-corrected chi connectivity index (χ0v) is 29.9. The summed E-state index contributed by atoms with van der Waals surface area (Å²) in [5, 5.41) is 30.3. The molecule has 13 heteroatoms. The van der Waals surface area contributed by atoms with Crippen LogP contribution in [0.3, 0.4) is 0 Å². The molecule has 47 heavy (non-hydrogen) atoms. The molecular weight excluding hydrogens is 632 g/mol. The fourth-order valence-corrected chi connectivity index (χ4v) is 6.18. The first-order chi connectivity index (χ1) is 22.6. The number of hydrogen-bond acceptors (Lipinski definition) is 11. The first-order valence-electron chi connectivity index (χ1n) is 18.3. The van der Waals surface area contributed by atoms with Crippen LogP contribution in [-0.4, -0.2) is 97.5 Å². The normalized spacial score (nSPS) is 22.4. The fraction of sp³-hybridized carbons (Fsp3) is 0.971. The van der Waals surface area contributed by atoms with Gasteiger partial charge in [0.1, 0.15) is 30.5 Å². The second-order valence-electron chi connectivity index (χ2n) is 12.8. The molecule has 1 fully saturated rings. The lowest BCUT2D eigenvalue weighted by atomic mass is 9.99. The van der Waals surface area contributed by atoms with Gasteiger partial charge in [0.25, 0.3) is 0 Å². The van der Waals surface area contributed by atoms with Gasteiger partial charge in [-0.15, -0.1) is 0 Å². The Balaban J connectivity index is 2.42. The minimum Gasteiger partial charge on any atom is -0.457 e. The lowest BCUT2D eigenvalue weighted by molar-refractivity contribution is -0.301. The molecule has 0 bridgehead atoms. The summed E-state index contributed by atoms with van der Waals surface area (Å²) in [4.78, 5) is 12.5. The largest absolute Gasteiger partial charge is 0.457 e. The van der Waals surface area contributed by atoms with E-state index in [9.17, 15) is 28.5 Å². The monoisotopic (exact) mass is 698 g/mol. The highest BCUT2D eigenvalue weighted by molar-refractivity contribution is 7.80. The maximum atomic E-state index is 12.5. The first-order valence-corrected chi connectivity index (χ1v) is 19.7. The van der Waals surface area contributed by atoms with Gasteiger partial charge < -0.3 is 34.3 Å². The van der Waals surface area contributed by atoms with Crippen LogP contribution in [0.4, 0.5) is 0 Å². The van der Waals surface area contributed by atoms with E-state index in [0.717, 1.165) is 44.9 Å². The Bertz CT molecular complexity index is 858. The van der Waals surface area contributed by atoms with Crippen molar-refractivity contribution in [3.63, 3.8) is 0 Å². The average molecular weight is 699 g/mol. The third-order valence-electron chi connectivity index (χ3n) is 8.48. The minimum absolute atomic E-state index is 0.0417. The summed E-state index contributed by atoms with van der Waals surface area (Å²) in [5.41, 5.74) is 0. The molecule has 1 rings (SSSR count). The molecule has 0 aromatic heterocycles. The van der Waals surface area contributed by atoms with Crippen molar-refractivity contribution in [2.24, 2.45) is 0 Å². The number of carbonyl (C=O) groups is 1. The molecule has 1 saturated heterocycles. The van der Waals surface area contributed by atoms with Gasteiger partial charge in [0.15, 0.2) is 6.29 Å². The molecule has 0 amide bonds. The molecule has 6 atom stereocenters. The van der Waals surface area contributed by atoms with Crippen LogP contribution in [0, 0.1) is 0 Å². The summed E-state index contributed by atoms with van der Waals surface area (Å²) >= 11 is 0. The molecule has 1 aliphatic rings. The molecule has 6 unspecified atom stereocenters. The second-order valence-corrected chi connectivity index (χ2v) is 13.9. The lowest BCUT2D eigenvalue weighted by Gasteiger charge is -2.41. The number of unbranched alkanes of at least 4 members (excludes halogenated alkanes) is 18. The van der Waals surface area contributed by atoms with Gasteiger partial charge in [-0.2, -0.15) is 8.42 Å². The Kier molecular flexibility index (Phi) is 26.2. The fourth-order valence-electron chi connectivity index (χ4n) is 5.67. The summed E-state index contributed by atoms with van der Waals surface area (Å²) in [6.45, 7) is 3.88. The van der Waals surface area contributed by atoms with Gasteiger partial charge in [-0.3, -0.25) is 9.35 Å². The molecule has 0 saturated carbocycles. The molecule has 280 valence electrons. The van der Waals surface area contributed by atoms with E-state index in [0.29, 0.717) is 13.0 Å². The maximum absolute atomic E-state index is 12.5. The smallest absolute Gasteiger partial charge is 0.397 e.